The van der Waals surface area contributed by atoms with Crippen LogP contribution in [-0.2, 0) is 9.53 Å². The van der Waals surface area contributed by atoms with Gasteiger partial charge in [-0.25, -0.2) is 0 Å². The van der Waals surface area contributed by atoms with Crippen LogP contribution in [0.4, 0.5) is 0 Å². The Morgan fingerprint density at radius 2 is 2.05 bits per heavy atom. The molecule has 1 aromatic carbocycles. The van der Waals surface area contributed by atoms with Gasteiger partial charge in [0.05, 0.1) is 6.61 Å². The van der Waals surface area contributed by atoms with Crippen molar-refractivity contribution in [1.29, 1.82) is 0 Å². The van der Waals surface area contributed by atoms with Crippen LogP contribution in [0.2, 0.25) is 0 Å². The molecule has 0 bridgehead atoms. The summed E-state index contributed by atoms with van der Waals surface area (Å²) in [6.07, 6.45) is 1.79. The number of aromatic nitrogens is 1. The highest BCUT2D eigenvalue weighted by atomic mass is 16.5. The zero-order valence-electron chi connectivity index (χ0n) is 11.7. The summed E-state index contributed by atoms with van der Waals surface area (Å²) >= 11 is 0. The average Bonchev–Trinajstić information content (AvgIpc) is 2.92. The molecule has 0 aliphatic carbocycles. The lowest BCUT2D eigenvalue weighted by Crippen LogP contribution is -2.36. The predicted molar refractivity (Wildman–Crippen MR) is 76.5 cm³/mol. The molecule has 0 aliphatic heterocycles. The minimum absolute atomic E-state index is 0.0238. The molecule has 1 N–H and O–H groups in total. The maximum absolute atomic E-state index is 12.5. The van der Waals surface area contributed by atoms with E-state index in [1.54, 1.807) is 19.2 Å². The van der Waals surface area contributed by atoms with E-state index in [9.17, 15) is 9.59 Å². The molecule has 0 fully saturated rings. The Balaban J connectivity index is 2.24. The van der Waals surface area contributed by atoms with Gasteiger partial charge in [0, 0.05) is 29.2 Å². The number of carbonyl (C=O) groups is 2. The Morgan fingerprint density at radius 3 is 2.75 bits per heavy atom. The first-order valence-corrected chi connectivity index (χ1v) is 6.68. The molecular formula is C15H18N2O3. The van der Waals surface area contributed by atoms with Gasteiger partial charge in [-0.3, -0.25) is 9.59 Å². The molecular weight excluding hydrogens is 256 g/mol. The monoisotopic (exact) mass is 274 g/mol. The van der Waals surface area contributed by atoms with Crippen LogP contribution < -0.4 is 0 Å². The minimum atomic E-state index is -0.385. The largest absolute Gasteiger partial charge is 0.465 e. The summed E-state index contributed by atoms with van der Waals surface area (Å²) in [5.41, 5.74) is 1.50. The normalized spacial score (nSPS) is 10.5. The molecule has 5 heteroatoms. The van der Waals surface area contributed by atoms with Crippen molar-refractivity contribution in [2.24, 2.45) is 0 Å². The van der Waals surface area contributed by atoms with Gasteiger partial charge >= 0.3 is 5.97 Å². The third-order valence-corrected chi connectivity index (χ3v) is 3.12. The lowest BCUT2D eigenvalue weighted by Gasteiger charge is -2.20. The molecule has 1 aromatic heterocycles. The summed E-state index contributed by atoms with van der Waals surface area (Å²) in [6, 6.07) is 7.37. The van der Waals surface area contributed by atoms with Crippen molar-refractivity contribution in [2.45, 2.75) is 13.8 Å². The van der Waals surface area contributed by atoms with E-state index in [0.29, 0.717) is 18.7 Å². The molecule has 1 heterocycles. The molecule has 20 heavy (non-hydrogen) atoms. The number of amides is 1. The Kier molecular flexibility index (Phi) is 4.40. The summed E-state index contributed by atoms with van der Waals surface area (Å²) in [4.78, 5) is 28.6. The van der Waals surface area contributed by atoms with Crippen LogP contribution in [0.1, 0.15) is 24.2 Å². The first-order chi connectivity index (χ1) is 9.67. The number of rotatable bonds is 5. The fourth-order valence-electron chi connectivity index (χ4n) is 2.13. The number of H-pyrrole nitrogens is 1. The van der Waals surface area contributed by atoms with Crippen LogP contribution in [0.3, 0.4) is 0 Å². The number of nitrogens with one attached hydrogen (secondary N) is 1. The van der Waals surface area contributed by atoms with Crippen molar-refractivity contribution in [1.82, 2.24) is 9.88 Å². The van der Waals surface area contributed by atoms with Crippen LogP contribution in [-0.4, -0.2) is 41.5 Å². The van der Waals surface area contributed by atoms with Crippen molar-refractivity contribution in [2.75, 3.05) is 19.7 Å². The van der Waals surface area contributed by atoms with Gasteiger partial charge in [0.25, 0.3) is 5.91 Å². The average molecular weight is 274 g/mol. The van der Waals surface area contributed by atoms with Gasteiger partial charge in [-0.1, -0.05) is 6.07 Å². The van der Waals surface area contributed by atoms with E-state index in [0.717, 1.165) is 10.9 Å². The van der Waals surface area contributed by atoms with Crippen molar-refractivity contribution in [3.05, 3.63) is 36.0 Å². The molecule has 1 amide bonds. The lowest BCUT2D eigenvalue weighted by molar-refractivity contribution is -0.143. The number of aromatic amines is 1. The smallest absolute Gasteiger partial charge is 0.325 e. The summed E-state index contributed by atoms with van der Waals surface area (Å²) < 4.78 is 4.89. The van der Waals surface area contributed by atoms with Crippen molar-refractivity contribution in [3.8, 4) is 0 Å². The van der Waals surface area contributed by atoms with E-state index in [1.165, 1.54) is 4.90 Å². The first kappa shape index (κ1) is 14.1. The molecule has 106 valence electrons. The van der Waals surface area contributed by atoms with Gasteiger partial charge in [-0.05, 0) is 32.0 Å². The van der Waals surface area contributed by atoms with Crippen LogP contribution in [0.25, 0.3) is 10.9 Å². The maximum Gasteiger partial charge on any atom is 0.325 e. The second-order valence-electron chi connectivity index (χ2n) is 4.37. The molecule has 0 unspecified atom stereocenters. The summed E-state index contributed by atoms with van der Waals surface area (Å²) in [5, 5.41) is 0.861. The number of fused-ring (bicyclic) bond motifs is 1. The number of nitrogens with zero attached hydrogens (tertiary/aromatic N) is 1. The van der Waals surface area contributed by atoms with Gasteiger partial charge < -0.3 is 14.6 Å². The quantitative estimate of drug-likeness (QED) is 0.850. The van der Waals surface area contributed by atoms with E-state index in [4.69, 9.17) is 4.74 Å². The molecule has 2 aromatic rings. The zero-order valence-corrected chi connectivity index (χ0v) is 11.7. The Bertz CT molecular complexity index is 618. The van der Waals surface area contributed by atoms with Gasteiger partial charge in [0.15, 0.2) is 0 Å². The van der Waals surface area contributed by atoms with Crippen LogP contribution in [0, 0.1) is 0 Å². The molecule has 0 saturated heterocycles. The number of ether oxygens (including phenoxy) is 1. The van der Waals surface area contributed by atoms with E-state index in [1.807, 2.05) is 25.1 Å². The maximum atomic E-state index is 12.5. The standard InChI is InChI=1S/C15H18N2O3/c1-3-17(10-14(18)20-4-2)15(19)12-6-5-7-13-11(12)8-9-16-13/h5-9,16H,3-4,10H2,1-2H3. The molecule has 0 atom stereocenters. The van der Waals surface area contributed by atoms with Gasteiger partial charge in [0.1, 0.15) is 6.54 Å². The second-order valence-corrected chi connectivity index (χ2v) is 4.37. The molecule has 5 nitrogen and oxygen atoms in total. The van der Waals surface area contributed by atoms with E-state index in [-0.39, 0.29) is 18.4 Å². The molecule has 0 radical (unpaired) electrons. The highest BCUT2D eigenvalue weighted by Crippen LogP contribution is 2.19. The summed E-state index contributed by atoms with van der Waals surface area (Å²) in [7, 11) is 0. The zero-order chi connectivity index (χ0) is 14.5. The Morgan fingerprint density at radius 1 is 1.25 bits per heavy atom. The molecule has 0 aliphatic rings. The number of hydrogen-bond donors (Lipinski definition) is 1. The van der Waals surface area contributed by atoms with Crippen molar-refractivity contribution in [3.63, 3.8) is 0 Å². The van der Waals surface area contributed by atoms with Crippen LogP contribution >= 0.6 is 0 Å². The highest BCUT2D eigenvalue weighted by Gasteiger charge is 2.19. The van der Waals surface area contributed by atoms with Gasteiger partial charge in [0.2, 0.25) is 0 Å². The molecule has 2 rings (SSSR count). The Hall–Kier alpha value is -2.30. The topological polar surface area (TPSA) is 62.4 Å². The summed E-state index contributed by atoms with van der Waals surface area (Å²) in [5.74, 6) is -0.547. The Labute approximate surface area is 117 Å². The van der Waals surface area contributed by atoms with E-state index in [2.05, 4.69) is 4.98 Å². The fraction of sp³-hybridized carbons (Fsp3) is 0.333. The lowest BCUT2D eigenvalue weighted by atomic mass is 10.1. The number of benzene rings is 1. The van der Waals surface area contributed by atoms with Gasteiger partial charge in [-0.2, -0.15) is 0 Å². The summed E-state index contributed by atoms with van der Waals surface area (Å²) in [6.45, 7) is 4.34. The van der Waals surface area contributed by atoms with E-state index < -0.39 is 0 Å². The number of carbonyl (C=O) groups excluding carboxylic acids is 2. The highest BCUT2D eigenvalue weighted by molar-refractivity contribution is 6.07. The van der Waals surface area contributed by atoms with Crippen molar-refractivity contribution >= 4 is 22.8 Å². The third kappa shape index (κ3) is 2.82. The molecule has 0 spiro atoms. The minimum Gasteiger partial charge on any atom is -0.465 e. The van der Waals surface area contributed by atoms with Crippen LogP contribution in [0.15, 0.2) is 30.5 Å². The second kappa shape index (κ2) is 6.23. The first-order valence-electron chi connectivity index (χ1n) is 6.68. The fourth-order valence-corrected chi connectivity index (χ4v) is 2.13. The van der Waals surface area contributed by atoms with Gasteiger partial charge in [-0.15, -0.1) is 0 Å². The number of esters is 1. The third-order valence-electron chi connectivity index (χ3n) is 3.12. The molecule has 0 saturated carbocycles. The van der Waals surface area contributed by atoms with E-state index >= 15 is 0 Å². The predicted octanol–water partition coefficient (Wildman–Crippen LogP) is 2.19. The number of likely N-dealkylation sites (N-methyl/N-ethyl adjacent to an activating group) is 1. The SMILES string of the molecule is CCOC(=O)CN(CC)C(=O)c1cccc2[nH]ccc12. The van der Waals surface area contributed by atoms with Crippen molar-refractivity contribution < 1.29 is 14.3 Å². The number of hydrogen-bond acceptors (Lipinski definition) is 3. The van der Waals surface area contributed by atoms with Crippen LogP contribution in [0.5, 0.6) is 0 Å².